The average Bonchev–Trinajstić information content (AvgIpc) is 2.11. The normalized spacial score (nSPS) is 12.0. The summed E-state index contributed by atoms with van der Waals surface area (Å²) in [4.78, 5) is 0. The maximum Gasteiger partial charge on any atom is 0.417 e. The van der Waals surface area contributed by atoms with Crippen LogP contribution in [0.2, 0.25) is 4.34 Å². The summed E-state index contributed by atoms with van der Waals surface area (Å²) < 4.78 is 35.4. The highest BCUT2D eigenvalue weighted by Crippen LogP contribution is 2.34. The largest absolute Gasteiger partial charge is 0.417 e. The molecule has 0 radical (unpaired) electrons. The van der Waals surface area contributed by atoms with Crippen molar-refractivity contribution in [3.8, 4) is 0 Å². The quantitative estimate of drug-likeness (QED) is 0.583. The van der Waals surface area contributed by atoms with Crippen molar-refractivity contribution in [1.82, 2.24) is 0 Å². The Morgan fingerprint density at radius 2 is 2.00 bits per heavy atom. The van der Waals surface area contributed by atoms with E-state index >= 15 is 0 Å². The second-order valence-corrected chi connectivity index (χ2v) is 3.18. The standard InChI is InChI=1S/C5H2ClF3S/c6-4-1-3(2-10-4)5(7,8)9/h1-2H. The van der Waals surface area contributed by atoms with Gasteiger partial charge in [-0.05, 0) is 6.07 Å². The van der Waals surface area contributed by atoms with E-state index in [0.717, 1.165) is 22.8 Å². The van der Waals surface area contributed by atoms with Crippen molar-refractivity contribution < 1.29 is 13.2 Å². The topological polar surface area (TPSA) is 0 Å². The molecule has 0 spiro atoms. The molecular weight excluding hydrogens is 185 g/mol. The molecule has 0 nitrogen and oxygen atoms in total. The SMILES string of the molecule is FC(F)(F)c1csc(Cl)c1. The molecule has 1 heterocycles. The van der Waals surface area contributed by atoms with E-state index in [4.69, 9.17) is 11.6 Å². The Hall–Kier alpha value is -0.220. The van der Waals surface area contributed by atoms with Gasteiger partial charge in [0.25, 0.3) is 0 Å². The summed E-state index contributed by atoms with van der Waals surface area (Å²) in [5.41, 5.74) is -0.678. The van der Waals surface area contributed by atoms with Crippen LogP contribution in [0.5, 0.6) is 0 Å². The van der Waals surface area contributed by atoms with Gasteiger partial charge in [0.15, 0.2) is 0 Å². The molecule has 10 heavy (non-hydrogen) atoms. The molecular formula is C5H2ClF3S. The fourth-order valence-corrected chi connectivity index (χ4v) is 1.35. The fraction of sp³-hybridized carbons (Fsp3) is 0.200. The van der Waals surface area contributed by atoms with Crippen LogP contribution in [0.3, 0.4) is 0 Å². The van der Waals surface area contributed by atoms with Gasteiger partial charge in [0.2, 0.25) is 0 Å². The molecule has 0 aliphatic rings. The van der Waals surface area contributed by atoms with E-state index in [0.29, 0.717) is 0 Å². The van der Waals surface area contributed by atoms with Gasteiger partial charge in [0.1, 0.15) is 0 Å². The summed E-state index contributed by atoms with van der Waals surface area (Å²) >= 11 is 6.16. The zero-order chi connectivity index (χ0) is 7.78. The summed E-state index contributed by atoms with van der Waals surface area (Å²) in [6.45, 7) is 0. The van der Waals surface area contributed by atoms with Crippen LogP contribution in [-0.4, -0.2) is 0 Å². The van der Waals surface area contributed by atoms with Crippen LogP contribution in [0.1, 0.15) is 5.56 Å². The molecule has 0 atom stereocenters. The van der Waals surface area contributed by atoms with Crippen molar-refractivity contribution in [3.63, 3.8) is 0 Å². The Labute approximate surface area is 64.2 Å². The average molecular weight is 187 g/mol. The smallest absolute Gasteiger partial charge is 0.166 e. The van der Waals surface area contributed by atoms with Crippen LogP contribution in [0, 0.1) is 0 Å². The minimum absolute atomic E-state index is 0.160. The molecule has 0 fully saturated rings. The number of hydrogen-bond acceptors (Lipinski definition) is 1. The highest BCUT2D eigenvalue weighted by Gasteiger charge is 2.31. The molecule has 0 amide bonds. The van der Waals surface area contributed by atoms with Gasteiger partial charge < -0.3 is 0 Å². The van der Waals surface area contributed by atoms with Gasteiger partial charge >= 0.3 is 6.18 Å². The van der Waals surface area contributed by atoms with Crippen molar-refractivity contribution in [2.24, 2.45) is 0 Å². The van der Waals surface area contributed by atoms with Crippen LogP contribution in [0.25, 0.3) is 0 Å². The van der Waals surface area contributed by atoms with E-state index in [1.807, 2.05) is 0 Å². The van der Waals surface area contributed by atoms with Crippen LogP contribution in [0.15, 0.2) is 11.4 Å². The number of alkyl halides is 3. The minimum atomic E-state index is -4.26. The number of thiophene rings is 1. The first-order chi connectivity index (χ1) is 4.50. The predicted molar refractivity (Wildman–Crippen MR) is 34.3 cm³/mol. The van der Waals surface area contributed by atoms with E-state index in [1.165, 1.54) is 0 Å². The molecule has 0 aromatic carbocycles. The number of rotatable bonds is 0. The zero-order valence-electron chi connectivity index (χ0n) is 4.57. The molecule has 1 aromatic rings. The van der Waals surface area contributed by atoms with Crippen LogP contribution >= 0.6 is 22.9 Å². The lowest BCUT2D eigenvalue weighted by atomic mass is 10.3. The summed E-state index contributed by atoms with van der Waals surface area (Å²) in [6.07, 6.45) is -4.26. The first kappa shape index (κ1) is 7.88. The fourth-order valence-electron chi connectivity index (χ4n) is 0.459. The second kappa shape index (κ2) is 2.43. The molecule has 0 aliphatic carbocycles. The van der Waals surface area contributed by atoms with Crippen molar-refractivity contribution in [2.75, 3.05) is 0 Å². The Bertz CT molecular complexity index is 227. The summed E-state index contributed by atoms with van der Waals surface area (Å²) in [5, 5.41) is 0.988. The third-order valence-electron chi connectivity index (χ3n) is 0.895. The second-order valence-electron chi connectivity index (χ2n) is 1.64. The van der Waals surface area contributed by atoms with E-state index in [-0.39, 0.29) is 4.34 Å². The molecule has 1 aromatic heterocycles. The molecule has 0 saturated heterocycles. The lowest BCUT2D eigenvalue weighted by Crippen LogP contribution is -2.01. The first-order valence-electron chi connectivity index (χ1n) is 2.31. The maximum absolute atomic E-state index is 11.7. The minimum Gasteiger partial charge on any atom is -0.166 e. The van der Waals surface area contributed by atoms with Crippen LogP contribution in [0.4, 0.5) is 13.2 Å². The van der Waals surface area contributed by atoms with Crippen molar-refractivity contribution in [3.05, 3.63) is 21.3 Å². The van der Waals surface area contributed by atoms with Crippen LogP contribution in [-0.2, 0) is 6.18 Å². The van der Waals surface area contributed by atoms with Crippen LogP contribution < -0.4 is 0 Å². The Balaban J connectivity index is 2.96. The summed E-state index contributed by atoms with van der Waals surface area (Å²) in [5.74, 6) is 0. The van der Waals surface area contributed by atoms with Gasteiger partial charge in [-0.2, -0.15) is 13.2 Å². The molecule has 1 rings (SSSR count). The zero-order valence-corrected chi connectivity index (χ0v) is 6.15. The molecule has 0 aliphatic heterocycles. The molecule has 0 N–H and O–H groups in total. The number of halogens is 4. The molecule has 0 bridgehead atoms. The van der Waals surface area contributed by atoms with Gasteiger partial charge in [0.05, 0.1) is 9.90 Å². The highest BCUT2D eigenvalue weighted by molar-refractivity contribution is 7.14. The molecule has 0 saturated carbocycles. The maximum atomic E-state index is 11.7. The van der Waals surface area contributed by atoms with E-state index in [9.17, 15) is 13.2 Å². The Morgan fingerprint density at radius 3 is 2.20 bits per heavy atom. The van der Waals surface area contributed by atoms with Crippen molar-refractivity contribution >= 4 is 22.9 Å². The lowest BCUT2D eigenvalue weighted by Gasteiger charge is -2.00. The lowest BCUT2D eigenvalue weighted by molar-refractivity contribution is -0.137. The van der Waals surface area contributed by atoms with Gasteiger partial charge in [-0.25, -0.2) is 0 Å². The van der Waals surface area contributed by atoms with Gasteiger partial charge in [-0.15, -0.1) is 11.3 Å². The van der Waals surface area contributed by atoms with Gasteiger partial charge in [-0.1, -0.05) is 11.6 Å². The monoisotopic (exact) mass is 186 g/mol. The molecule has 0 unspecified atom stereocenters. The van der Waals surface area contributed by atoms with E-state index in [1.54, 1.807) is 0 Å². The molecule has 5 heteroatoms. The van der Waals surface area contributed by atoms with Gasteiger partial charge in [-0.3, -0.25) is 0 Å². The Kier molecular flexibility index (Phi) is 1.92. The third kappa shape index (κ3) is 1.64. The van der Waals surface area contributed by atoms with Crippen molar-refractivity contribution in [2.45, 2.75) is 6.18 Å². The third-order valence-corrected chi connectivity index (χ3v) is 1.99. The summed E-state index contributed by atoms with van der Waals surface area (Å²) in [6, 6.07) is 0.909. The Morgan fingerprint density at radius 1 is 1.40 bits per heavy atom. The van der Waals surface area contributed by atoms with Crippen molar-refractivity contribution in [1.29, 1.82) is 0 Å². The summed E-state index contributed by atoms with van der Waals surface area (Å²) in [7, 11) is 0. The highest BCUT2D eigenvalue weighted by atomic mass is 35.5. The number of hydrogen-bond donors (Lipinski definition) is 0. The predicted octanol–water partition coefficient (Wildman–Crippen LogP) is 3.42. The van der Waals surface area contributed by atoms with Gasteiger partial charge in [0, 0.05) is 5.38 Å². The molecule has 56 valence electrons. The first-order valence-corrected chi connectivity index (χ1v) is 3.57. The van der Waals surface area contributed by atoms with E-state index < -0.39 is 11.7 Å². The van der Waals surface area contributed by atoms with E-state index in [2.05, 4.69) is 0 Å².